The lowest BCUT2D eigenvalue weighted by atomic mass is 9.58. The van der Waals surface area contributed by atoms with Gasteiger partial charge in [0, 0.05) is 38.2 Å². The molecule has 0 aromatic heterocycles. The molecule has 4 bridgehead atoms. The lowest BCUT2D eigenvalue weighted by Crippen LogP contribution is -2.38. The molecule has 0 aromatic carbocycles. The summed E-state index contributed by atoms with van der Waals surface area (Å²) >= 11 is 0. The van der Waals surface area contributed by atoms with Crippen LogP contribution in [0.25, 0.3) is 0 Å². The highest BCUT2D eigenvalue weighted by molar-refractivity contribution is 7.79. The molecule has 5 rings (SSSR count). The number of allylic oxidation sites excluding steroid dienone is 8. The summed E-state index contributed by atoms with van der Waals surface area (Å²) in [6, 6.07) is 0. The maximum atomic E-state index is 14.7. The summed E-state index contributed by atoms with van der Waals surface area (Å²) in [4.78, 5) is 0. The van der Waals surface area contributed by atoms with Crippen LogP contribution < -0.4 is 0 Å². The number of fused-ring (bicyclic) bond motifs is 9. The van der Waals surface area contributed by atoms with Gasteiger partial charge in [-0.2, -0.15) is 0 Å². The van der Waals surface area contributed by atoms with Gasteiger partial charge in [-0.15, -0.1) is 0 Å². The van der Waals surface area contributed by atoms with Gasteiger partial charge in [-0.3, -0.25) is 0 Å². The van der Waals surface area contributed by atoms with Crippen LogP contribution in [-0.4, -0.2) is 11.3 Å². The molecule has 0 aromatic rings. The van der Waals surface area contributed by atoms with Crippen molar-refractivity contribution in [2.45, 2.75) is 80.6 Å². The van der Waals surface area contributed by atoms with Crippen LogP contribution >= 0.6 is 14.3 Å². The molecule has 1 aliphatic carbocycles. The molecule has 0 saturated heterocycles. The summed E-state index contributed by atoms with van der Waals surface area (Å²) in [5.41, 5.74) is 4.99. The van der Waals surface area contributed by atoms with Crippen LogP contribution in [-0.2, 0) is 9.13 Å². The Morgan fingerprint density at radius 3 is 1.26 bits per heavy atom. The molecule has 6 atom stereocenters. The van der Waals surface area contributed by atoms with Gasteiger partial charge in [-0.25, -0.2) is 0 Å². The van der Waals surface area contributed by atoms with E-state index in [1.165, 1.54) is 22.3 Å². The second-order valence-corrected chi connectivity index (χ2v) is 17.0. The third-order valence-electron chi connectivity index (χ3n) is 10.1. The van der Waals surface area contributed by atoms with Gasteiger partial charge in [-0.1, -0.05) is 52.7 Å². The Bertz CT molecular complexity index is 1020. The molecule has 4 unspecified atom stereocenters. The molecule has 0 amide bonds. The molecule has 5 aliphatic rings. The maximum absolute atomic E-state index is 14.7. The zero-order valence-corrected chi connectivity index (χ0v) is 20.2. The molecule has 2 nitrogen and oxygen atoms in total. The predicted octanol–water partition coefficient (Wildman–Crippen LogP) is 7.69. The molecule has 4 aliphatic heterocycles. The summed E-state index contributed by atoms with van der Waals surface area (Å²) < 4.78 is 29.4. The van der Waals surface area contributed by atoms with Crippen LogP contribution in [0.15, 0.2) is 43.5 Å². The van der Waals surface area contributed by atoms with Gasteiger partial charge < -0.3 is 9.13 Å². The quantitative estimate of drug-likeness (QED) is 0.389. The Morgan fingerprint density at radius 2 is 0.963 bits per heavy atom. The summed E-state index contributed by atoms with van der Waals surface area (Å²) in [7, 11) is -5.41. The zero-order chi connectivity index (χ0) is 20.3. The summed E-state index contributed by atoms with van der Waals surface area (Å²) in [6.45, 7) is 22.1. The van der Waals surface area contributed by atoms with Crippen LogP contribution in [0.1, 0.15) is 69.2 Å². The second-order valence-electron chi connectivity index (χ2n) is 10.6. The van der Waals surface area contributed by atoms with E-state index in [9.17, 15) is 9.13 Å². The monoisotopic (exact) mass is 402 g/mol. The molecule has 0 fully saturated rings. The Labute approximate surface area is 164 Å². The Morgan fingerprint density at radius 1 is 0.667 bits per heavy atom. The van der Waals surface area contributed by atoms with Crippen molar-refractivity contribution in [2.24, 2.45) is 16.2 Å². The van der Waals surface area contributed by atoms with Crippen molar-refractivity contribution in [3.63, 3.8) is 0 Å². The molecule has 0 radical (unpaired) electrons. The average Bonchev–Trinajstić information content (AvgIpc) is 3.13. The predicted molar refractivity (Wildman–Crippen MR) is 115 cm³/mol. The second kappa shape index (κ2) is 4.29. The molecule has 0 saturated carbocycles. The van der Waals surface area contributed by atoms with E-state index in [4.69, 9.17) is 0 Å². The van der Waals surface area contributed by atoms with Crippen LogP contribution in [0.4, 0.5) is 0 Å². The first kappa shape index (κ1) is 18.4. The normalized spacial score (nSPS) is 51.9. The van der Waals surface area contributed by atoms with E-state index in [0.717, 1.165) is 21.3 Å². The Kier molecular flexibility index (Phi) is 2.93. The molecule has 4 heterocycles. The minimum absolute atomic E-state index is 0.101. The van der Waals surface area contributed by atoms with Crippen molar-refractivity contribution in [2.75, 3.05) is 0 Å². The third kappa shape index (κ3) is 1.30. The number of hydrogen-bond acceptors (Lipinski definition) is 2. The van der Waals surface area contributed by atoms with Crippen molar-refractivity contribution < 1.29 is 9.13 Å². The lowest BCUT2D eigenvalue weighted by molar-refractivity contribution is 0.327. The smallest absolute Gasteiger partial charge is 0.143 e. The molecule has 146 valence electrons. The van der Waals surface area contributed by atoms with E-state index in [0.29, 0.717) is 0 Å². The van der Waals surface area contributed by atoms with E-state index < -0.39 is 14.3 Å². The molecule has 0 N–H and O–H groups in total. The molecule has 0 spiro atoms. The summed E-state index contributed by atoms with van der Waals surface area (Å²) in [5.74, 6) is 0. The average molecular weight is 402 g/mol. The van der Waals surface area contributed by atoms with Gasteiger partial charge in [0.25, 0.3) is 0 Å². The van der Waals surface area contributed by atoms with Crippen molar-refractivity contribution in [3.8, 4) is 0 Å². The van der Waals surface area contributed by atoms with E-state index >= 15 is 0 Å². The van der Waals surface area contributed by atoms with E-state index in [1.807, 2.05) is 0 Å². The largest absolute Gasteiger partial charge is 0.314 e. The highest BCUT2D eigenvalue weighted by atomic mass is 31.2. The minimum atomic E-state index is -2.70. The van der Waals surface area contributed by atoms with E-state index in [-0.39, 0.29) is 27.6 Å². The molecular weight excluding hydrogens is 370 g/mol. The van der Waals surface area contributed by atoms with Crippen molar-refractivity contribution in [3.05, 3.63) is 43.5 Å². The molecular formula is C23H32O2P2. The van der Waals surface area contributed by atoms with Gasteiger partial charge in [0.2, 0.25) is 0 Å². The van der Waals surface area contributed by atoms with Crippen LogP contribution in [0.3, 0.4) is 0 Å². The Balaban J connectivity index is 1.94. The maximum Gasteiger partial charge on any atom is 0.143 e. The van der Waals surface area contributed by atoms with E-state index in [2.05, 4.69) is 69.2 Å². The zero-order valence-electron chi connectivity index (χ0n) is 18.4. The molecule has 4 heteroatoms. The van der Waals surface area contributed by atoms with Crippen LogP contribution in [0.2, 0.25) is 0 Å². The SMILES string of the molecule is CC1=C(C)P2(=O)C3=C(C(C)(C)C4=C3P3(=O)C(C)=C(C)[C@@]4(C)C3C)[C@@]1(C)C2C. The topological polar surface area (TPSA) is 34.1 Å². The standard InChI is InChI=1S/C23H32O2P2/c1-11-13(3)26(24)15(5)22(11,9)19-17(26)18-20(21(19,7)8)23(10)12(2)14(4)27(18,25)16(23)6/h15-16H,1-10H3/t15?,16?,22-,23+,26?,27?. The van der Waals surface area contributed by atoms with E-state index in [1.54, 1.807) is 0 Å². The fraction of sp³-hybridized carbons (Fsp3) is 0.652. The lowest BCUT2D eigenvalue weighted by Gasteiger charge is -2.44. The van der Waals surface area contributed by atoms with Gasteiger partial charge in [0.05, 0.1) is 0 Å². The highest BCUT2D eigenvalue weighted by Crippen LogP contribution is 2.96. The fourth-order valence-corrected chi connectivity index (χ4v) is 17.7. The first-order chi connectivity index (χ1) is 12.2. The fourth-order valence-electron chi connectivity index (χ4n) is 8.09. The van der Waals surface area contributed by atoms with Gasteiger partial charge >= 0.3 is 0 Å². The van der Waals surface area contributed by atoms with Crippen molar-refractivity contribution >= 4 is 14.3 Å². The highest BCUT2D eigenvalue weighted by Gasteiger charge is 2.76. The number of rotatable bonds is 0. The van der Waals surface area contributed by atoms with Gasteiger partial charge in [-0.05, 0) is 49.5 Å². The summed E-state index contributed by atoms with van der Waals surface area (Å²) in [5, 5.41) is 4.30. The number of hydrogen-bond donors (Lipinski definition) is 0. The van der Waals surface area contributed by atoms with Gasteiger partial charge in [0.1, 0.15) is 14.3 Å². The van der Waals surface area contributed by atoms with Crippen molar-refractivity contribution in [1.82, 2.24) is 0 Å². The van der Waals surface area contributed by atoms with Crippen LogP contribution in [0.5, 0.6) is 0 Å². The van der Waals surface area contributed by atoms with Gasteiger partial charge in [0.15, 0.2) is 0 Å². The first-order valence-corrected chi connectivity index (χ1v) is 13.8. The summed E-state index contributed by atoms with van der Waals surface area (Å²) in [6.07, 6.45) is 0. The van der Waals surface area contributed by atoms with Crippen LogP contribution in [0, 0.1) is 16.2 Å². The third-order valence-corrected chi connectivity index (χ3v) is 18.3. The van der Waals surface area contributed by atoms with Crippen molar-refractivity contribution in [1.29, 1.82) is 0 Å². The molecule has 27 heavy (non-hydrogen) atoms. The minimum Gasteiger partial charge on any atom is -0.314 e. The first-order valence-electron chi connectivity index (χ1n) is 10.3. The Hall–Kier alpha value is -0.580.